The third kappa shape index (κ3) is 3.27. The summed E-state index contributed by atoms with van der Waals surface area (Å²) in [5.41, 5.74) is 1.34. The van der Waals surface area contributed by atoms with Crippen LogP contribution in [0.4, 0.5) is 0 Å². The van der Waals surface area contributed by atoms with E-state index in [1.165, 1.54) is 22.9 Å². The first-order valence-corrected chi connectivity index (χ1v) is 8.66. The number of rotatable bonds is 3. The molecule has 2 atom stereocenters. The predicted octanol–water partition coefficient (Wildman–Crippen LogP) is 3.36. The molecular weight excluding hydrogens is 299 g/mol. The first kappa shape index (κ1) is 12.9. The average Bonchev–Trinajstić information content (AvgIpc) is 2.50. The van der Waals surface area contributed by atoms with Gasteiger partial charge in [-0.3, -0.25) is 0 Å². The van der Waals surface area contributed by atoms with Gasteiger partial charge in [-0.2, -0.15) is 0 Å². The SMILES string of the molecule is c1ccc([Se][C@H]2CCCO[C@@H]2c2ccccc2)cc1. The Balaban J connectivity index is 1.78. The van der Waals surface area contributed by atoms with Crippen molar-refractivity contribution in [2.45, 2.75) is 23.8 Å². The summed E-state index contributed by atoms with van der Waals surface area (Å²) in [7, 11) is 0. The van der Waals surface area contributed by atoms with Crippen LogP contribution in [-0.2, 0) is 4.74 Å². The summed E-state index contributed by atoms with van der Waals surface area (Å²) in [5.74, 6) is 0. The van der Waals surface area contributed by atoms with E-state index >= 15 is 0 Å². The molecule has 0 radical (unpaired) electrons. The van der Waals surface area contributed by atoms with Crippen LogP contribution in [0.3, 0.4) is 0 Å². The van der Waals surface area contributed by atoms with Crippen molar-refractivity contribution in [3.8, 4) is 0 Å². The van der Waals surface area contributed by atoms with E-state index in [0.717, 1.165) is 6.61 Å². The minimum absolute atomic E-state index is 0.287. The fourth-order valence-electron chi connectivity index (χ4n) is 2.50. The molecule has 1 fully saturated rings. The molecule has 0 saturated carbocycles. The van der Waals surface area contributed by atoms with Gasteiger partial charge < -0.3 is 0 Å². The van der Waals surface area contributed by atoms with E-state index < -0.39 is 0 Å². The van der Waals surface area contributed by atoms with Crippen LogP contribution < -0.4 is 4.46 Å². The molecule has 2 aromatic rings. The first-order chi connectivity index (χ1) is 9.43. The van der Waals surface area contributed by atoms with Crippen LogP contribution in [0.1, 0.15) is 24.5 Å². The summed E-state index contributed by atoms with van der Waals surface area (Å²) in [6.07, 6.45) is 2.77. The summed E-state index contributed by atoms with van der Waals surface area (Å²) in [4.78, 5) is 0.658. The van der Waals surface area contributed by atoms with E-state index in [1.807, 2.05) is 0 Å². The summed E-state index contributed by atoms with van der Waals surface area (Å²) in [6.45, 7) is 0.904. The zero-order chi connectivity index (χ0) is 12.9. The quantitative estimate of drug-likeness (QED) is 0.789. The minimum atomic E-state index is 0.287. The Kier molecular flexibility index (Phi) is 4.34. The molecular formula is C17H18OSe. The van der Waals surface area contributed by atoms with Gasteiger partial charge in [0.2, 0.25) is 0 Å². The number of ether oxygens (including phenoxy) is 1. The Morgan fingerprint density at radius 2 is 1.58 bits per heavy atom. The Bertz CT molecular complexity index is 497. The molecule has 0 bridgehead atoms. The van der Waals surface area contributed by atoms with Crippen molar-refractivity contribution in [3.63, 3.8) is 0 Å². The topological polar surface area (TPSA) is 9.23 Å². The zero-order valence-electron chi connectivity index (χ0n) is 10.9. The van der Waals surface area contributed by atoms with E-state index in [1.54, 1.807) is 0 Å². The van der Waals surface area contributed by atoms with Crippen LogP contribution in [0.5, 0.6) is 0 Å². The molecule has 3 rings (SSSR count). The fourth-order valence-corrected chi connectivity index (χ4v) is 5.25. The van der Waals surface area contributed by atoms with Gasteiger partial charge in [0.05, 0.1) is 0 Å². The maximum atomic E-state index is 6.06. The van der Waals surface area contributed by atoms with Gasteiger partial charge in [0.1, 0.15) is 0 Å². The molecule has 0 spiro atoms. The van der Waals surface area contributed by atoms with Crippen molar-refractivity contribution in [1.29, 1.82) is 0 Å². The normalized spacial score (nSPS) is 23.2. The molecule has 2 aromatic carbocycles. The molecule has 1 aliphatic rings. The molecule has 1 aliphatic heterocycles. The van der Waals surface area contributed by atoms with Gasteiger partial charge in [-0.15, -0.1) is 0 Å². The van der Waals surface area contributed by atoms with Crippen molar-refractivity contribution in [3.05, 3.63) is 66.2 Å². The maximum absolute atomic E-state index is 6.06. The van der Waals surface area contributed by atoms with Gasteiger partial charge in [-0.25, -0.2) is 0 Å². The molecule has 0 amide bonds. The van der Waals surface area contributed by atoms with Crippen molar-refractivity contribution in [2.24, 2.45) is 0 Å². The Morgan fingerprint density at radius 1 is 0.895 bits per heavy atom. The van der Waals surface area contributed by atoms with Crippen LogP contribution in [-0.4, -0.2) is 21.6 Å². The van der Waals surface area contributed by atoms with Gasteiger partial charge in [0.15, 0.2) is 0 Å². The Morgan fingerprint density at radius 3 is 2.32 bits per heavy atom. The second-order valence-corrected chi connectivity index (χ2v) is 7.57. The van der Waals surface area contributed by atoms with Crippen LogP contribution in [0, 0.1) is 0 Å². The van der Waals surface area contributed by atoms with Crippen molar-refractivity contribution >= 4 is 19.4 Å². The van der Waals surface area contributed by atoms with Crippen LogP contribution >= 0.6 is 0 Å². The van der Waals surface area contributed by atoms with Gasteiger partial charge in [-0.05, 0) is 0 Å². The number of hydrogen-bond donors (Lipinski definition) is 0. The molecule has 2 heteroatoms. The van der Waals surface area contributed by atoms with Gasteiger partial charge in [-0.1, -0.05) is 0 Å². The molecule has 1 heterocycles. The molecule has 0 unspecified atom stereocenters. The molecule has 98 valence electrons. The van der Waals surface area contributed by atoms with Crippen molar-refractivity contribution in [1.82, 2.24) is 0 Å². The third-order valence-corrected chi connectivity index (χ3v) is 6.22. The second kappa shape index (κ2) is 6.38. The third-order valence-electron chi connectivity index (χ3n) is 3.43. The predicted molar refractivity (Wildman–Crippen MR) is 79.9 cm³/mol. The molecule has 1 saturated heterocycles. The number of benzene rings is 2. The summed E-state index contributed by atoms with van der Waals surface area (Å²) in [6, 6.07) is 21.5. The van der Waals surface area contributed by atoms with Crippen LogP contribution in [0.25, 0.3) is 0 Å². The van der Waals surface area contributed by atoms with Crippen LogP contribution in [0.2, 0.25) is 4.82 Å². The summed E-state index contributed by atoms with van der Waals surface area (Å²) >= 11 is 0.488. The molecule has 1 nitrogen and oxygen atoms in total. The van der Waals surface area contributed by atoms with Gasteiger partial charge in [0.25, 0.3) is 0 Å². The average molecular weight is 317 g/mol. The standard InChI is InChI=1S/C17H18OSe/c1-3-8-14(9-4-1)17-16(12-7-13-18-17)19-15-10-5-2-6-11-15/h1-6,8-11,16-17H,7,12-13H2/t16-,17+/m0/s1. The van der Waals surface area contributed by atoms with Crippen LogP contribution in [0.15, 0.2) is 60.7 Å². The Hall–Kier alpha value is -1.08. The molecule has 0 aliphatic carbocycles. The monoisotopic (exact) mass is 318 g/mol. The summed E-state index contributed by atoms with van der Waals surface area (Å²) < 4.78 is 7.54. The van der Waals surface area contributed by atoms with Crippen molar-refractivity contribution in [2.75, 3.05) is 6.61 Å². The van der Waals surface area contributed by atoms with E-state index in [-0.39, 0.29) is 6.10 Å². The molecule has 0 aromatic heterocycles. The first-order valence-electron chi connectivity index (χ1n) is 6.82. The van der Waals surface area contributed by atoms with E-state index in [9.17, 15) is 0 Å². The van der Waals surface area contributed by atoms with E-state index in [4.69, 9.17) is 4.74 Å². The Labute approximate surface area is 121 Å². The molecule has 0 N–H and O–H groups in total. The zero-order valence-corrected chi connectivity index (χ0v) is 12.6. The number of hydrogen-bond acceptors (Lipinski definition) is 1. The molecule has 19 heavy (non-hydrogen) atoms. The van der Waals surface area contributed by atoms with Gasteiger partial charge >= 0.3 is 121 Å². The van der Waals surface area contributed by atoms with Crippen molar-refractivity contribution < 1.29 is 4.74 Å². The summed E-state index contributed by atoms with van der Waals surface area (Å²) in [5, 5.41) is 0. The van der Waals surface area contributed by atoms with E-state index in [2.05, 4.69) is 60.7 Å². The van der Waals surface area contributed by atoms with E-state index in [0.29, 0.717) is 19.8 Å². The second-order valence-electron chi connectivity index (χ2n) is 4.81. The fraction of sp³-hybridized carbons (Fsp3) is 0.294. The van der Waals surface area contributed by atoms with Gasteiger partial charge in [0, 0.05) is 0 Å².